The highest BCUT2D eigenvalue weighted by Crippen LogP contribution is 2.32. The molecule has 30 heavy (non-hydrogen) atoms. The van der Waals surface area contributed by atoms with Crippen molar-refractivity contribution in [1.82, 2.24) is 20.9 Å². The molecule has 8 heteroatoms. The monoisotopic (exact) mass is 410 g/mol. The van der Waals surface area contributed by atoms with Gasteiger partial charge in [0.05, 0.1) is 11.1 Å². The number of piperidine rings is 1. The summed E-state index contributed by atoms with van der Waals surface area (Å²) in [5, 5.41) is 9.43. The van der Waals surface area contributed by atoms with E-state index in [1.807, 2.05) is 6.07 Å². The van der Waals surface area contributed by atoms with Crippen LogP contribution in [0, 0.1) is 11.8 Å². The van der Waals surface area contributed by atoms with E-state index < -0.39 is 23.8 Å². The average molecular weight is 410 g/mol. The van der Waals surface area contributed by atoms with Crippen LogP contribution in [0.4, 0.5) is 0 Å². The van der Waals surface area contributed by atoms with E-state index in [0.717, 1.165) is 29.5 Å². The van der Waals surface area contributed by atoms with E-state index in [1.165, 1.54) is 19.3 Å². The molecule has 1 aliphatic carbocycles. The molecule has 1 aromatic rings. The standard InChI is InChI=1S/C22H26N4O4/c27-19-6-5-18(20(28)25-19)26-21(29)15-4-2-12(7-16(15)22(26)30)10-24-17-8-13-1-3-14(17)11-23-9-13/h2,4,7,13-14,17-18,23-24H,1,3,5-6,8-11H2,(H,25,27,28)/t13-,14-,17-,18?/m1/s1. The zero-order valence-corrected chi connectivity index (χ0v) is 16.8. The van der Waals surface area contributed by atoms with Gasteiger partial charge >= 0.3 is 0 Å². The van der Waals surface area contributed by atoms with Gasteiger partial charge in [0.25, 0.3) is 11.8 Å². The van der Waals surface area contributed by atoms with Crippen LogP contribution in [0.2, 0.25) is 0 Å². The first-order valence-electron chi connectivity index (χ1n) is 10.8. The number of nitrogens with zero attached hydrogens (tertiary/aromatic N) is 1. The Morgan fingerprint density at radius 3 is 2.67 bits per heavy atom. The molecule has 4 aliphatic heterocycles. The fourth-order valence-electron chi connectivity index (χ4n) is 5.35. The van der Waals surface area contributed by atoms with Gasteiger partial charge in [-0.25, -0.2) is 0 Å². The Morgan fingerprint density at radius 1 is 1.00 bits per heavy atom. The first kappa shape index (κ1) is 19.4. The molecule has 6 rings (SSSR count). The average Bonchev–Trinajstić information content (AvgIpc) is 2.96. The number of amides is 4. The third kappa shape index (κ3) is 3.33. The Kier molecular flexibility index (Phi) is 4.91. The second-order valence-corrected chi connectivity index (χ2v) is 8.91. The minimum atomic E-state index is -0.925. The number of hydrogen-bond acceptors (Lipinski definition) is 6. The van der Waals surface area contributed by atoms with Gasteiger partial charge < -0.3 is 10.6 Å². The Bertz CT molecular complexity index is 926. The van der Waals surface area contributed by atoms with E-state index in [2.05, 4.69) is 16.0 Å². The van der Waals surface area contributed by atoms with Crippen molar-refractivity contribution in [3.63, 3.8) is 0 Å². The second kappa shape index (κ2) is 7.59. The molecular weight excluding hydrogens is 384 g/mol. The summed E-state index contributed by atoms with van der Waals surface area (Å²) in [5.74, 6) is -0.518. The molecule has 0 aromatic heterocycles. The lowest BCUT2D eigenvalue weighted by Gasteiger charge is -2.32. The van der Waals surface area contributed by atoms with Gasteiger partial charge in [0.1, 0.15) is 6.04 Å². The highest BCUT2D eigenvalue weighted by molar-refractivity contribution is 6.23. The van der Waals surface area contributed by atoms with Gasteiger partial charge in [0.2, 0.25) is 11.8 Å². The van der Waals surface area contributed by atoms with E-state index in [0.29, 0.717) is 29.6 Å². The van der Waals surface area contributed by atoms with Crippen molar-refractivity contribution in [3.05, 3.63) is 34.9 Å². The quantitative estimate of drug-likeness (QED) is 0.627. The molecule has 4 fully saturated rings. The Morgan fingerprint density at radius 2 is 1.83 bits per heavy atom. The molecule has 1 aromatic carbocycles. The normalized spacial score (nSPS) is 31.0. The van der Waals surface area contributed by atoms with Crippen molar-refractivity contribution in [2.45, 2.75) is 50.7 Å². The van der Waals surface area contributed by atoms with Crippen LogP contribution in [0.5, 0.6) is 0 Å². The summed E-state index contributed by atoms with van der Waals surface area (Å²) in [6, 6.07) is 4.86. The molecule has 0 spiro atoms. The third-order valence-electron chi connectivity index (χ3n) is 7.01. The van der Waals surface area contributed by atoms with Crippen molar-refractivity contribution >= 4 is 23.6 Å². The van der Waals surface area contributed by atoms with Crippen LogP contribution in [0.15, 0.2) is 18.2 Å². The number of nitrogens with one attached hydrogen (secondary N) is 3. The minimum absolute atomic E-state index is 0.122. The van der Waals surface area contributed by atoms with E-state index in [9.17, 15) is 19.2 Å². The molecule has 3 saturated heterocycles. The molecule has 1 unspecified atom stereocenters. The summed E-state index contributed by atoms with van der Waals surface area (Å²) in [4.78, 5) is 50.3. The van der Waals surface area contributed by atoms with Gasteiger partial charge in [-0.05, 0) is 68.3 Å². The number of carbonyl (C=O) groups excluding carboxylic acids is 4. The summed E-state index contributed by atoms with van der Waals surface area (Å²) < 4.78 is 0. The lowest BCUT2D eigenvalue weighted by atomic mass is 9.80. The topological polar surface area (TPSA) is 108 Å². The SMILES string of the molecule is O=C1CCC(N2C(=O)c3ccc(CN[C@@H]4C[C@H]5CC[C@@H]4CNC5)cc3C2=O)C(=O)N1. The maximum atomic E-state index is 13.0. The second-order valence-electron chi connectivity index (χ2n) is 8.91. The predicted molar refractivity (Wildman–Crippen MR) is 107 cm³/mol. The van der Waals surface area contributed by atoms with E-state index in [-0.39, 0.29) is 18.7 Å². The number of hydrogen-bond donors (Lipinski definition) is 3. The van der Waals surface area contributed by atoms with Gasteiger partial charge in [-0.3, -0.25) is 29.4 Å². The minimum Gasteiger partial charge on any atom is -0.316 e. The molecule has 4 atom stereocenters. The molecule has 1 saturated carbocycles. The molecule has 0 radical (unpaired) electrons. The van der Waals surface area contributed by atoms with E-state index >= 15 is 0 Å². The Balaban J connectivity index is 1.30. The fourth-order valence-corrected chi connectivity index (χ4v) is 5.35. The van der Waals surface area contributed by atoms with Crippen molar-refractivity contribution in [2.75, 3.05) is 13.1 Å². The smallest absolute Gasteiger partial charge is 0.262 e. The summed E-state index contributed by atoms with van der Waals surface area (Å²) in [7, 11) is 0. The third-order valence-corrected chi connectivity index (χ3v) is 7.01. The van der Waals surface area contributed by atoms with Crippen LogP contribution in [0.3, 0.4) is 0 Å². The number of imide groups is 2. The number of fused-ring (bicyclic) bond motifs is 5. The summed E-state index contributed by atoms with van der Waals surface area (Å²) in [6.07, 6.45) is 4.00. The molecule has 4 amide bonds. The zero-order chi connectivity index (χ0) is 20.8. The van der Waals surface area contributed by atoms with Gasteiger partial charge in [0, 0.05) is 19.0 Å². The molecule has 8 nitrogen and oxygen atoms in total. The largest absolute Gasteiger partial charge is 0.316 e. The summed E-state index contributed by atoms with van der Waals surface area (Å²) in [6.45, 7) is 2.79. The van der Waals surface area contributed by atoms with Crippen molar-refractivity contribution in [1.29, 1.82) is 0 Å². The maximum absolute atomic E-state index is 13.0. The molecule has 158 valence electrons. The van der Waals surface area contributed by atoms with Crippen LogP contribution in [0.25, 0.3) is 0 Å². The van der Waals surface area contributed by atoms with Gasteiger partial charge in [-0.15, -0.1) is 0 Å². The molecule has 5 aliphatic rings. The van der Waals surface area contributed by atoms with E-state index in [4.69, 9.17) is 0 Å². The van der Waals surface area contributed by atoms with Crippen LogP contribution in [0.1, 0.15) is 58.4 Å². The molecular formula is C22H26N4O4. The van der Waals surface area contributed by atoms with Gasteiger partial charge in [-0.1, -0.05) is 6.07 Å². The van der Waals surface area contributed by atoms with Crippen LogP contribution in [-0.4, -0.2) is 53.7 Å². The van der Waals surface area contributed by atoms with Crippen LogP contribution < -0.4 is 16.0 Å². The first-order chi connectivity index (χ1) is 14.5. The van der Waals surface area contributed by atoms with Crippen molar-refractivity contribution < 1.29 is 19.2 Å². The van der Waals surface area contributed by atoms with Crippen LogP contribution >= 0.6 is 0 Å². The zero-order valence-electron chi connectivity index (χ0n) is 16.8. The molecule has 4 heterocycles. The maximum Gasteiger partial charge on any atom is 0.262 e. The lowest BCUT2D eigenvalue weighted by Crippen LogP contribution is -2.54. The summed E-state index contributed by atoms with van der Waals surface area (Å²) in [5.41, 5.74) is 1.62. The highest BCUT2D eigenvalue weighted by Gasteiger charge is 2.44. The number of benzene rings is 1. The Hall–Kier alpha value is -2.58. The van der Waals surface area contributed by atoms with Gasteiger partial charge in [-0.2, -0.15) is 0 Å². The van der Waals surface area contributed by atoms with Crippen molar-refractivity contribution in [3.8, 4) is 0 Å². The summed E-state index contributed by atoms with van der Waals surface area (Å²) >= 11 is 0. The first-order valence-corrected chi connectivity index (χ1v) is 10.8. The van der Waals surface area contributed by atoms with E-state index in [1.54, 1.807) is 12.1 Å². The molecule has 2 bridgehead atoms. The lowest BCUT2D eigenvalue weighted by molar-refractivity contribution is -0.136. The predicted octanol–water partition coefficient (Wildman–Crippen LogP) is 0.566. The molecule has 3 N–H and O–H groups in total. The fraction of sp³-hybridized carbons (Fsp3) is 0.545. The Labute approximate surface area is 174 Å². The van der Waals surface area contributed by atoms with Crippen LogP contribution in [-0.2, 0) is 16.1 Å². The number of rotatable bonds is 4. The highest BCUT2D eigenvalue weighted by atomic mass is 16.2. The van der Waals surface area contributed by atoms with Crippen molar-refractivity contribution in [2.24, 2.45) is 11.8 Å². The van der Waals surface area contributed by atoms with Gasteiger partial charge in [0.15, 0.2) is 0 Å². The number of carbonyl (C=O) groups is 4.